The van der Waals surface area contributed by atoms with E-state index in [2.05, 4.69) is 41.5 Å². The molecule has 0 amide bonds. The van der Waals surface area contributed by atoms with E-state index in [-0.39, 0.29) is 11.2 Å². The molecule has 0 radical (unpaired) electrons. The smallest absolute Gasteiger partial charge is 0.101 e. The predicted molar refractivity (Wildman–Crippen MR) is 92.6 cm³/mol. The molecular formula is C20H38O2. The largest absolute Gasteiger partial charge is 0.230 e. The molecule has 2 aliphatic rings. The van der Waals surface area contributed by atoms with Gasteiger partial charge in [-0.3, -0.25) is 0 Å². The Balaban J connectivity index is 1.84. The summed E-state index contributed by atoms with van der Waals surface area (Å²) in [5, 5.41) is 0. The summed E-state index contributed by atoms with van der Waals surface area (Å²) in [6.07, 6.45) is 10.4. The van der Waals surface area contributed by atoms with Crippen LogP contribution in [0, 0.1) is 23.7 Å². The van der Waals surface area contributed by atoms with Crippen molar-refractivity contribution < 1.29 is 9.78 Å². The van der Waals surface area contributed by atoms with Gasteiger partial charge < -0.3 is 0 Å². The molecule has 0 aromatic carbocycles. The Morgan fingerprint density at radius 3 is 1.09 bits per heavy atom. The summed E-state index contributed by atoms with van der Waals surface area (Å²) < 4.78 is 0. The highest BCUT2D eigenvalue weighted by atomic mass is 17.2. The first-order valence-electron chi connectivity index (χ1n) is 9.57. The second-order valence-corrected chi connectivity index (χ2v) is 9.29. The Labute approximate surface area is 138 Å². The molecule has 0 spiro atoms. The molecule has 2 saturated carbocycles. The highest BCUT2D eigenvalue weighted by Gasteiger charge is 2.39. The quantitative estimate of drug-likeness (QED) is 0.448. The van der Waals surface area contributed by atoms with Crippen LogP contribution in [0.2, 0.25) is 0 Å². The Hall–Kier alpha value is -0.0800. The Bertz CT molecular complexity index is 298. The van der Waals surface area contributed by atoms with Crippen LogP contribution in [0.5, 0.6) is 0 Å². The summed E-state index contributed by atoms with van der Waals surface area (Å²) in [6.45, 7) is 13.6. The fraction of sp³-hybridized carbons (Fsp3) is 1.00. The Morgan fingerprint density at radius 1 is 0.545 bits per heavy atom. The van der Waals surface area contributed by atoms with E-state index in [1.54, 1.807) is 0 Å². The van der Waals surface area contributed by atoms with Crippen LogP contribution in [0.1, 0.15) is 92.9 Å². The molecule has 2 rings (SSSR count). The summed E-state index contributed by atoms with van der Waals surface area (Å²) in [7, 11) is 0. The van der Waals surface area contributed by atoms with Gasteiger partial charge in [0.25, 0.3) is 0 Å². The maximum Gasteiger partial charge on any atom is 0.101 e. The third-order valence-corrected chi connectivity index (χ3v) is 6.47. The molecule has 0 saturated heterocycles. The van der Waals surface area contributed by atoms with Gasteiger partial charge in [0.2, 0.25) is 0 Å². The van der Waals surface area contributed by atoms with E-state index < -0.39 is 0 Å². The zero-order valence-corrected chi connectivity index (χ0v) is 15.8. The molecular weight excluding hydrogens is 272 g/mol. The molecule has 2 nitrogen and oxygen atoms in total. The van der Waals surface area contributed by atoms with E-state index in [1.165, 1.54) is 51.4 Å². The number of rotatable bonds is 5. The number of hydrogen-bond acceptors (Lipinski definition) is 2. The Morgan fingerprint density at radius 2 is 0.818 bits per heavy atom. The summed E-state index contributed by atoms with van der Waals surface area (Å²) in [5.41, 5.74) is -0.335. The fourth-order valence-electron chi connectivity index (χ4n) is 4.26. The minimum absolute atomic E-state index is 0.167. The van der Waals surface area contributed by atoms with Gasteiger partial charge >= 0.3 is 0 Å². The second-order valence-electron chi connectivity index (χ2n) is 9.29. The van der Waals surface area contributed by atoms with E-state index in [0.29, 0.717) is 11.8 Å². The van der Waals surface area contributed by atoms with Gasteiger partial charge in [-0.1, -0.05) is 39.5 Å². The summed E-state index contributed by atoms with van der Waals surface area (Å²) in [4.78, 5) is 12.1. The standard InChI is InChI=1S/C20H38O2/c1-15-7-11-17(12-8-15)19(3,4)21-22-20(5,6)18-13-9-16(2)10-14-18/h15-18H,7-14H2,1-6H3. The predicted octanol–water partition coefficient (Wildman–Crippen LogP) is 6.14. The van der Waals surface area contributed by atoms with Gasteiger partial charge in [-0.15, -0.1) is 0 Å². The first kappa shape index (κ1) is 18.3. The third kappa shape index (κ3) is 4.71. The lowest BCUT2D eigenvalue weighted by atomic mass is 9.75. The van der Waals surface area contributed by atoms with E-state index in [9.17, 15) is 0 Å². The van der Waals surface area contributed by atoms with E-state index in [0.717, 1.165) is 11.8 Å². The third-order valence-electron chi connectivity index (χ3n) is 6.47. The summed E-state index contributed by atoms with van der Waals surface area (Å²) in [6, 6.07) is 0. The van der Waals surface area contributed by atoms with Crippen molar-refractivity contribution in [2.75, 3.05) is 0 Å². The van der Waals surface area contributed by atoms with Crippen LogP contribution in [0.4, 0.5) is 0 Å². The molecule has 22 heavy (non-hydrogen) atoms. The maximum absolute atomic E-state index is 6.05. The topological polar surface area (TPSA) is 18.5 Å². The molecule has 0 bridgehead atoms. The minimum Gasteiger partial charge on any atom is -0.230 e. The van der Waals surface area contributed by atoms with Gasteiger partial charge in [0.05, 0.1) is 0 Å². The molecule has 2 fully saturated rings. The summed E-state index contributed by atoms with van der Waals surface area (Å²) in [5.74, 6) is 3.03. The molecule has 0 heterocycles. The van der Waals surface area contributed by atoms with Crippen LogP contribution in [0.15, 0.2) is 0 Å². The van der Waals surface area contributed by atoms with Gasteiger partial charge in [0.1, 0.15) is 11.2 Å². The normalized spacial score (nSPS) is 34.6. The lowest BCUT2D eigenvalue weighted by Crippen LogP contribution is -2.43. The van der Waals surface area contributed by atoms with Crippen molar-refractivity contribution >= 4 is 0 Å². The molecule has 130 valence electrons. The van der Waals surface area contributed by atoms with Gasteiger partial charge in [-0.25, -0.2) is 9.78 Å². The van der Waals surface area contributed by atoms with E-state index in [4.69, 9.17) is 9.78 Å². The van der Waals surface area contributed by atoms with Crippen molar-refractivity contribution in [3.05, 3.63) is 0 Å². The van der Waals surface area contributed by atoms with Crippen LogP contribution >= 0.6 is 0 Å². The van der Waals surface area contributed by atoms with E-state index >= 15 is 0 Å². The van der Waals surface area contributed by atoms with Crippen LogP contribution < -0.4 is 0 Å². The second kappa shape index (κ2) is 7.21. The van der Waals surface area contributed by atoms with Crippen molar-refractivity contribution in [1.29, 1.82) is 0 Å². The highest BCUT2D eigenvalue weighted by molar-refractivity contribution is 4.85. The molecule has 2 heteroatoms. The average molecular weight is 311 g/mol. The van der Waals surface area contributed by atoms with Crippen molar-refractivity contribution in [1.82, 2.24) is 0 Å². The zero-order chi connectivity index (χ0) is 16.4. The average Bonchev–Trinajstić information content (AvgIpc) is 2.46. The molecule has 0 atom stereocenters. The van der Waals surface area contributed by atoms with E-state index in [1.807, 2.05) is 0 Å². The lowest BCUT2D eigenvalue weighted by Gasteiger charge is -2.42. The molecule has 2 aliphatic carbocycles. The SMILES string of the molecule is CC1CCC(C(C)(C)OOC(C)(C)C2CCC(C)CC2)CC1. The highest BCUT2D eigenvalue weighted by Crippen LogP contribution is 2.41. The van der Waals surface area contributed by atoms with Crippen LogP contribution in [-0.2, 0) is 9.78 Å². The van der Waals surface area contributed by atoms with Gasteiger partial charge in [0, 0.05) is 0 Å². The van der Waals surface area contributed by atoms with Crippen LogP contribution in [0.25, 0.3) is 0 Å². The minimum atomic E-state index is -0.167. The van der Waals surface area contributed by atoms with Crippen LogP contribution in [-0.4, -0.2) is 11.2 Å². The maximum atomic E-state index is 6.05. The van der Waals surface area contributed by atoms with Crippen molar-refractivity contribution in [3.63, 3.8) is 0 Å². The van der Waals surface area contributed by atoms with Crippen LogP contribution in [0.3, 0.4) is 0 Å². The van der Waals surface area contributed by atoms with Crippen molar-refractivity contribution in [2.24, 2.45) is 23.7 Å². The fourth-order valence-corrected chi connectivity index (χ4v) is 4.26. The molecule has 0 aliphatic heterocycles. The first-order chi connectivity index (χ1) is 10.2. The van der Waals surface area contributed by atoms with Gasteiger partial charge in [0.15, 0.2) is 0 Å². The first-order valence-corrected chi connectivity index (χ1v) is 9.57. The monoisotopic (exact) mass is 310 g/mol. The number of hydrogen-bond donors (Lipinski definition) is 0. The van der Waals surface area contributed by atoms with Crippen molar-refractivity contribution in [3.8, 4) is 0 Å². The zero-order valence-electron chi connectivity index (χ0n) is 15.8. The van der Waals surface area contributed by atoms with Crippen molar-refractivity contribution in [2.45, 2.75) is 104 Å². The van der Waals surface area contributed by atoms with Gasteiger partial charge in [-0.2, -0.15) is 0 Å². The molecule has 0 aromatic rings. The molecule has 0 aromatic heterocycles. The molecule has 0 N–H and O–H groups in total. The summed E-state index contributed by atoms with van der Waals surface area (Å²) >= 11 is 0. The Kier molecular flexibility index (Phi) is 5.99. The lowest BCUT2D eigenvalue weighted by molar-refractivity contribution is -0.420. The molecule has 0 unspecified atom stereocenters. The van der Waals surface area contributed by atoms with Gasteiger partial charge in [-0.05, 0) is 77.0 Å².